The molecule has 3 heteroatoms. The van der Waals surface area contributed by atoms with Crippen LogP contribution in [0.5, 0.6) is 0 Å². The predicted octanol–water partition coefficient (Wildman–Crippen LogP) is -0.516. The van der Waals surface area contributed by atoms with Crippen LogP contribution in [0.1, 0.15) is 6.92 Å². The molecule has 0 aliphatic rings. The molecule has 0 fully saturated rings. The number of carbonyl (C=O) groups is 1. The number of hydrogen-bond donors (Lipinski definition) is 1. The van der Waals surface area contributed by atoms with Crippen LogP contribution < -0.4 is 5.32 Å². The summed E-state index contributed by atoms with van der Waals surface area (Å²) < 4.78 is 0. The van der Waals surface area contributed by atoms with Crippen LogP contribution in [-0.2, 0) is 4.79 Å². The Morgan fingerprint density at radius 3 is 2.50 bits per heavy atom. The zero-order valence-corrected chi connectivity index (χ0v) is 4.90. The molecule has 0 unspecified atom stereocenters. The zero-order chi connectivity index (χ0) is 5.70. The number of amides is 1. The quantitative estimate of drug-likeness (QED) is 0.486. The highest BCUT2D eigenvalue weighted by Crippen LogP contribution is 1.61. The second-order valence-electron chi connectivity index (χ2n) is 1.10. The number of hydrogen-bond acceptors (Lipinski definition) is 1. The summed E-state index contributed by atoms with van der Waals surface area (Å²) in [5, 5.41) is 2.54. The van der Waals surface area contributed by atoms with Crippen LogP contribution in [0.3, 0.4) is 0 Å². The van der Waals surface area contributed by atoms with Crippen molar-refractivity contribution in [1.82, 2.24) is 5.32 Å². The summed E-state index contributed by atoms with van der Waals surface area (Å²) in [5.74, 6) is -0.109. The lowest BCUT2D eigenvalue weighted by Gasteiger charge is -1.90. The van der Waals surface area contributed by atoms with E-state index in [9.17, 15) is 4.79 Å². The van der Waals surface area contributed by atoms with Crippen molar-refractivity contribution in [3.8, 4) is 0 Å². The molecule has 48 valence electrons. The van der Waals surface area contributed by atoms with Gasteiger partial charge in [0.15, 0.2) is 0 Å². The first kappa shape index (κ1) is 10.2. The lowest BCUT2D eigenvalue weighted by Crippen LogP contribution is -2.19. The molecular formula is C5H11NO2. The first-order chi connectivity index (χ1) is 3.31. The van der Waals surface area contributed by atoms with E-state index in [0.29, 0.717) is 6.54 Å². The van der Waals surface area contributed by atoms with Gasteiger partial charge in [0.05, 0.1) is 0 Å². The van der Waals surface area contributed by atoms with Crippen molar-refractivity contribution < 1.29 is 10.3 Å². The monoisotopic (exact) mass is 117 g/mol. The van der Waals surface area contributed by atoms with Crippen molar-refractivity contribution >= 4 is 5.91 Å². The topological polar surface area (TPSA) is 60.6 Å². The summed E-state index contributed by atoms with van der Waals surface area (Å²) >= 11 is 0. The molecule has 0 aliphatic carbocycles. The van der Waals surface area contributed by atoms with Gasteiger partial charge in [0.1, 0.15) is 0 Å². The molecule has 0 atom stereocenters. The van der Waals surface area contributed by atoms with Gasteiger partial charge in [-0.15, -0.1) is 0 Å². The zero-order valence-electron chi connectivity index (χ0n) is 4.90. The maximum atomic E-state index is 10.2. The highest BCUT2D eigenvalue weighted by molar-refractivity contribution is 5.86. The third kappa shape index (κ3) is 5.17. The third-order valence-electron chi connectivity index (χ3n) is 0.536. The van der Waals surface area contributed by atoms with Crippen LogP contribution in [0, 0.1) is 0 Å². The Labute approximate surface area is 48.7 Å². The molecule has 3 nitrogen and oxygen atoms in total. The molecule has 0 bridgehead atoms. The van der Waals surface area contributed by atoms with Crippen LogP contribution in [0.15, 0.2) is 12.7 Å². The van der Waals surface area contributed by atoms with Crippen LogP contribution in [0.25, 0.3) is 0 Å². The minimum atomic E-state index is -0.109. The maximum Gasteiger partial charge on any atom is 0.243 e. The first-order valence-corrected chi connectivity index (χ1v) is 2.21. The Morgan fingerprint density at radius 2 is 2.38 bits per heavy atom. The average Bonchev–Trinajstić information content (AvgIpc) is 1.68. The van der Waals surface area contributed by atoms with Gasteiger partial charge in [-0.05, 0) is 13.0 Å². The molecule has 0 saturated carbocycles. The minimum absolute atomic E-state index is 0. The van der Waals surface area contributed by atoms with E-state index in [2.05, 4.69) is 11.9 Å². The van der Waals surface area contributed by atoms with Gasteiger partial charge in [0, 0.05) is 6.54 Å². The Kier molecular flexibility index (Phi) is 7.88. The van der Waals surface area contributed by atoms with E-state index in [1.807, 2.05) is 6.92 Å². The van der Waals surface area contributed by atoms with Crippen molar-refractivity contribution in [1.29, 1.82) is 0 Å². The molecule has 0 radical (unpaired) electrons. The summed E-state index contributed by atoms with van der Waals surface area (Å²) in [4.78, 5) is 10.2. The third-order valence-corrected chi connectivity index (χ3v) is 0.536. The molecule has 0 rings (SSSR count). The van der Waals surface area contributed by atoms with Crippen molar-refractivity contribution in [3.05, 3.63) is 12.7 Å². The first-order valence-electron chi connectivity index (χ1n) is 2.21. The second-order valence-corrected chi connectivity index (χ2v) is 1.10. The largest absolute Gasteiger partial charge is 0.412 e. The molecule has 8 heavy (non-hydrogen) atoms. The number of carbonyl (C=O) groups excluding carboxylic acids is 1. The summed E-state index contributed by atoms with van der Waals surface area (Å²) in [7, 11) is 0. The normalized spacial score (nSPS) is 6.62. The Balaban J connectivity index is 0. The SMILES string of the molecule is C=CC(=O)NCC.O. The van der Waals surface area contributed by atoms with Gasteiger partial charge in [-0.2, -0.15) is 0 Å². The predicted molar refractivity (Wildman–Crippen MR) is 32.5 cm³/mol. The lowest BCUT2D eigenvalue weighted by molar-refractivity contribution is -0.116. The minimum Gasteiger partial charge on any atom is -0.412 e. The molecule has 0 saturated heterocycles. The molecule has 0 heterocycles. The number of likely N-dealkylation sites (N-methyl/N-ethyl adjacent to an activating group) is 1. The van der Waals surface area contributed by atoms with Gasteiger partial charge in [0.25, 0.3) is 0 Å². The summed E-state index contributed by atoms with van der Waals surface area (Å²) in [6.07, 6.45) is 1.25. The molecule has 1 amide bonds. The average molecular weight is 117 g/mol. The fourth-order valence-electron chi connectivity index (χ4n) is 0.246. The smallest absolute Gasteiger partial charge is 0.243 e. The fraction of sp³-hybridized carbons (Fsp3) is 0.400. The molecule has 0 spiro atoms. The molecule has 0 aromatic carbocycles. The van der Waals surface area contributed by atoms with E-state index in [0.717, 1.165) is 0 Å². The highest BCUT2D eigenvalue weighted by Gasteiger charge is 1.83. The molecule has 0 aliphatic heterocycles. The maximum absolute atomic E-state index is 10.2. The van der Waals surface area contributed by atoms with Gasteiger partial charge >= 0.3 is 0 Å². The van der Waals surface area contributed by atoms with E-state index in [-0.39, 0.29) is 11.4 Å². The summed E-state index contributed by atoms with van der Waals surface area (Å²) in [6, 6.07) is 0. The Bertz CT molecular complexity index is 80.5. The van der Waals surface area contributed by atoms with Gasteiger partial charge < -0.3 is 10.8 Å². The van der Waals surface area contributed by atoms with Crippen molar-refractivity contribution in [2.45, 2.75) is 6.92 Å². The van der Waals surface area contributed by atoms with Crippen LogP contribution in [-0.4, -0.2) is 17.9 Å². The van der Waals surface area contributed by atoms with Crippen molar-refractivity contribution in [2.75, 3.05) is 6.54 Å². The van der Waals surface area contributed by atoms with E-state index in [1.54, 1.807) is 0 Å². The molecule has 0 aromatic rings. The van der Waals surface area contributed by atoms with E-state index in [1.165, 1.54) is 6.08 Å². The fourth-order valence-corrected chi connectivity index (χ4v) is 0.246. The van der Waals surface area contributed by atoms with Crippen molar-refractivity contribution in [3.63, 3.8) is 0 Å². The molecular weight excluding hydrogens is 106 g/mol. The Hall–Kier alpha value is -0.830. The summed E-state index contributed by atoms with van der Waals surface area (Å²) in [6.45, 7) is 5.80. The molecule has 0 aromatic heterocycles. The van der Waals surface area contributed by atoms with Gasteiger partial charge in [-0.3, -0.25) is 4.79 Å². The van der Waals surface area contributed by atoms with E-state index < -0.39 is 0 Å². The van der Waals surface area contributed by atoms with Crippen LogP contribution in [0.4, 0.5) is 0 Å². The van der Waals surface area contributed by atoms with E-state index in [4.69, 9.17) is 0 Å². The second kappa shape index (κ2) is 6.17. The van der Waals surface area contributed by atoms with Gasteiger partial charge in [0.2, 0.25) is 5.91 Å². The Morgan fingerprint density at radius 1 is 1.88 bits per heavy atom. The number of rotatable bonds is 2. The molecule has 3 N–H and O–H groups in total. The van der Waals surface area contributed by atoms with E-state index >= 15 is 0 Å². The van der Waals surface area contributed by atoms with Gasteiger partial charge in [-0.25, -0.2) is 0 Å². The standard InChI is InChI=1S/C5H9NO.H2O/c1-3-5(7)6-4-2;/h3H,1,4H2,2H3,(H,6,7);1H2. The highest BCUT2D eigenvalue weighted by atomic mass is 16.1. The van der Waals surface area contributed by atoms with Crippen LogP contribution in [0.2, 0.25) is 0 Å². The van der Waals surface area contributed by atoms with Gasteiger partial charge in [-0.1, -0.05) is 6.58 Å². The number of nitrogens with one attached hydrogen (secondary N) is 1. The summed E-state index contributed by atoms with van der Waals surface area (Å²) in [5.41, 5.74) is 0. The lowest BCUT2D eigenvalue weighted by atomic mass is 10.6. The van der Waals surface area contributed by atoms with Crippen LogP contribution >= 0.6 is 0 Å². The van der Waals surface area contributed by atoms with Crippen molar-refractivity contribution in [2.24, 2.45) is 0 Å².